The Balaban J connectivity index is 2.57. The molecule has 5 nitrogen and oxygen atoms in total. The van der Waals surface area contributed by atoms with Crippen LogP contribution < -0.4 is 5.64 Å². The molecule has 0 aliphatic carbocycles. The van der Waals surface area contributed by atoms with Gasteiger partial charge in [0.2, 0.25) is 0 Å². The number of carbonyl (C=O) groups excluding carboxylic acids is 2. The Morgan fingerprint density at radius 2 is 2.20 bits per heavy atom. The summed E-state index contributed by atoms with van der Waals surface area (Å²) in [5.41, 5.74) is 1.69. The average Bonchev–Trinajstić information content (AvgIpc) is 1.96. The van der Waals surface area contributed by atoms with Crippen molar-refractivity contribution in [2.75, 3.05) is 0 Å². The monoisotopic (exact) mass is 165 g/mol. The first-order chi connectivity index (χ1) is 4.70. The molecule has 10 heavy (non-hydrogen) atoms. The third-order valence-corrected chi connectivity index (χ3v) is 1.23. The van der Waals surface area contributed by atoms with Gasteiger partial charge in [0, 0.05) is 5.64 Å². The number of nitrogens with one attached hydrogen (secondary N) is 1. The molecule has 0 radical (unpaired) electrons. The Hall–Kier alpha value is -0.810. The molecule has 1 heterocycles. The molecular weight excluding hydrogens is 162 g/mol. The summed E-state index contributed by atoms with van der Waals surface area (Å²) in [5, 5.41) is -0.956. The smallest absolute Gasteiger partial charge is 0.335 e. The lowest BCUT2D eigenvalue weighted by Crippen LogP contribution is -2.20. The van der Waals surface area contributed by atoms with Gasteiger partial charge in [-0.1, -0.05) is 0 Å². The molecule has 6 heteroatoms. The fraction of sp³-hybridized carbons (Fsp3) is 0.500. The minimum atomic E-state index is -0.956. The number of carbonyl (C=O) groups is 2. The van der Waals surface area contributed by atoms with Crippen molar-refractivity contribution in [1.29, 1.82) is 0 Å². The van der Waals surface area contributed by atoms with Crippen LogP contribution in [-0.4, -0.2) is 17.3 Å². The van der Waals surface area contributed by atoms with Crippen molar-refractivity contribution < 1.29 is 19.3 Å². The summed E-state index contributed by atoms with van der Waals surface area (Å²) < 4.78 is 0. The maximum absolute atomic E-state index is 10.5. The largest absolute Gasteiger partial charge is 0.347 e. The molecule has 0 amide bonds. The van der Waals surface area contributed by atoms with Crippen LogP contribution in [0.2, 0.25) is 0 Å². The van der Waals surface area contributed by atoms with Crippen molar-refractivity contribution in [3.8, 4) is 0 Å². The Bertz CT molecular complexity index is 171. The van der Waals surface area contributed by atoms with E-state index in [1.807, 2.05) is 0 Å². The highest BCUT2D eigenvalue weighted by atomic mass is 35.5. The maximum Gasteiger partial charge on any atom is 0.347 e. The van der Waals surface area contributed by atoms with Crippen molar-refractivity contribution in [3.05, 3.63) is 0 Å². The van der Waals surface area contributed by atoms with Crippen LogP contribution in [0, 0.1) is 0 Å². The summed E-state index contributed by atoms with van der Waals surface area (Å²) in [4.78, 5) is 29.2. The number of alkyl halides is 1. The van der Waals surface area contributed by atoms with Gasteiger partial charge < -0.3 is 9.68 Å². The summed E-state index contributed by atoms with van der Waals surface area (Å²) in [5.74, 6) is -1.33. The Labute approximate surface area is 61.1 Å². The fourth-order valence-corrected chi connectivity index (χ4v) is 0.614. The van der Waals surface area contributed by atoms with Crippen LogP contribution in [0.1, 0.15) is 6.42 Å². The van der Waals surface area contributed by atoms with Gasteiger partial charge in [-0.3, -0.25) is 4.79 Å². The van der Waals surface area contributed by atoms with Gasteiger partial charge in [0.1, 0.15) is 5.38 Å². The van der Waals surface area contributed by atoms with Crippen molar-refractivity contribution in [1.82, 2.24) is 5.64 Å². The van der Waals surface area contributed by atoms with E-state index in [4.69, 9.17) is 11.6 Å². The highest BCUT2D eigenvalue weighted by Crippen LogP contribution is 2.07. The van der Waals surface area contributed by atoms with Crippen LogP contribution in [-0.2, 0) is 19.3 Å². The summed E-state index contributed by atoms with van der Waals surface area (Å²) in [6.07, 6.45) is -0.173. The predicted molar refractivity (Wildman–Crippen MR) is 29.6 cm³/mol. The molecule has 56 valence electrons. The number of rotatable bonds is 0. The van der Waals surface area contributed by atoms with Crippen LogP contribution in [0.25, 0.3) is 0 Å². The Morgan fingerprint density at radius 1 is 1.50 bits per heavy atom. The van der Waals surface area contributed by atoms with E-state index >= 15 is 0 Å². The number of halogens is 1. The molecular formula is C4H4ClNO4. The lowest BCUT2D eigenvalue weighted by Gasteiger charge is -1.97. The Kier molecular flexibility index (Phi) is 2.08. The first kappa shape index (κ1) is 7.30. The van der Waals surface area contributed by atoms with Gasteiger partial charge >= 0.3 is 11.9 Å². The highest BCUT2D eigenvalue weighted by molar-refractivity contribution is 6.30. The van der Waals surface area contributed by atoms with Crippen LogP contribution in [0.15, 0.2) is 0 Å². The standard InChI is InChI=1S/C4H4ClNO4/c5-2-1-3(7)9-6-10-4(2)8/h2,6H,1H2. The van der Waals surface area contributed by atoms with E-state index in [2.05, 4.69) is 9.68 Å². The molecule has 1 rings (SSSR count). The van der Waals surface area contributed by atoms with E-state index in [-0.39, 0.29) is 6.42 Å². The first-order valence-corrected chi connectivity index (χ1v) is 2.93. The van der Waals surface area contributed by atoms with Gasteiger partial charge in [-0.15, -0.1) is 11.6 Å². The minimum Gasteiger partial charge on any atom is -0.335 e. The van der Waals surface area contributed by atoms with Gasteiger partial charge in [-0.05, 0) is 0 Å². The molecule has 1 N–H and O–H groups in total. The highest BCUT2D eigenvalue weighted by Gasteiger charge is 2.25. The van der Waals surface area contributed by atoms with E-state index < -0.39 is 17.3 Å². The zero-order chi connectivity index (χ0) is 7.56. The van der Waals surface area contributed by atoms with Crippen LogP contribution in [0.5, 0.6) is 0 Å². The first-order valence-electron chi connectivity index (χ1n) is 2.49. The van der Waals surface area contributed by atoms with Crippen molar-refractivity contribution in [3.63, 3.8) is 0 Å². The molecule has 0 aromatic carbocycles. The number of hydrogen-bond acceptors (Lipinski definition) is 5. The molecule has 1 aliphatic rings. The fourth-order valence-electron chi connectivity index (χ4n) is 0.444. The van der Waals surface area contributed by atoms with Gasteiger partial charge in [0.05, 0.1) is 6.42 Å². The quantitative estimate of drug-likeness (QED) is 0.491. The van der Waals surface area contributed by atoms with Crippen LogP contribution in [0.3, 0.4) is 0 Å². The molecule has 0 spiro atoms. The molecule has 1 saturated heterocycles. The second-order valence-electron chi connectivity index (χ2n) is 1.65. The zero-order valence-electron chi connectivity index (χ0n) is 4.80. The SMILES string of the molecule is O=C1CC(Cl)C(=O)ONO1. The van der Waals surface area contributed by atoms with Crippen LogP contribution >= 0.6 is 11.6 Å². The van der Waals surface area contributed by atoms with Crippen LogP contribution in [0.4, 0.5) is 0 Å². The zero-order valence-corrected chi connectivity index (χ0v) is 5.55. The second kappa shape index (κ2) is 2.85. The molecule has 0 saturated carbocycles. The van der Waals surface area contributed by atoms with Gasteiger partial charge in [-0.2, -0.15) is 0 Å². The normalized spacial score (nSPS) is 26.7. The second-order valence-corrected chi connectivity index (χ2v) is 2.18. The lowest BCUT2D eigenvalue weighted by molar-refractivity contribution is -0.190. The van der Waals surface area contributed by atoms with E-state index in [1.165, 1.54) is 0 Å². The van der Waals surface area contributed by atoms with Gasteiger partial charge in [-0.25, -0.2) is 4.79 Å². The van der Waals surface area contributed by atoms with Gasteiger partial charge in [0.15, 0.2) is 0 Å². The van der Waals surface area contributed by atoms with E-state index in [0.717, 1.165) is 0 Å². The van der Waals surface area contributed by atoms with Crippen molar-refractivity contribution in [2.45, 2.75) is 11.8 Å². The maximum atomic E-state index is 10.5. The summed E-state index contributed by atoms with van der Waals surface area (Å²) in [6, 6.07) is 0. The van der Waals surface area contributed by atoms with E-state index in [1.54, 1.807) is 5.64 Å². The molecule has 0 bridgehead atoms. The predicted octanol–water partition coefficient (Wildman–Crippen LogP) is -0.497. The van der Waals surface area contributed by atoms with E-state index in [9.17, 15) is 9.59 Å². The van der Waals surface area contributed by atoms with Crippen molar-refractivity contribution >= 4 is 23.5 Å². The summed E-state index contributed by atoms with van der Waals surface area (Å²) in [6.45, 7) is 0. The summed E-state index contributed by atoms with van der Waals surface area (Å²) in [7, 11) is 0. The Morgan fingerprint density at radius 3 is 2.90 bits per heavy atom. The third-order valence-electron chi connectivity index (χ3n) is 0.899. The average molecular weight is 166 g/mol. The number of hydrogen-bond donors (Lipinski definition) is 1. The minimum absolute atomic E-state index is 0.173. The molecule has 0 aromatic rings. The molecule has 0 aromatic heterocycles. The van der Waals surface area contributed by atoms with Crippen molar-refractivity contribution in [2.24, 2.45) is 0 Å². The van der Waals surface area contributed by atoms with E-state index in [0.29, 0.717) is 0 Å². The topological polar surface area (TPSA) is 64.6 Å². The molecule has 1 aliphatic heterocycles. The molecule has 1 fully saturated rings. The lowest BCUT2D eigenvalue weighted by atomic mass is 10.3. The third kappa shape index (κ3) is 1.58. The molecule has 1 atom stereocenters. The van der Waals surface area contributed by atoms with Gasteiger partial charge in [0.25, 0.3) is 0 Å². The summed E-state index contributed by atoms with van der Waals surface area (Å²) >= 11 is 5.35. The molecule has 1 unspecified atom stereocenters.